The van der Waals surface area contributed by atoms with Crippen LogP contribution < -0.4 is 51.4 Å². The van der Waals surface area contributed by atoms with E-state index >= 15 is 0 Å². The van der Waals surface area contributed by atoms with Crippen LogP contribution in [0.3, 0.4) is 0 Å². The van der Waals surface area contributed by atoms with Gasteiger partial charge < -0.3 is 4.68 Å². The van der Waals surface area contributed by atoms with Crippen molar-refractivity contribution in [2.24, 2.45) is 0 Å². The Morgan fingerprint density at radius 1 is 1.42 bits per heavy atom. The van der Waals surface area contributed by atoms with Gasteiger partial charge in [0.15, 0.2) is 0 Å². The van der Waals surface area contributed by atoms with Gasteiger partial charge in [-0.3, -0.25) is 5.10 Å². The molecule has 1 rings (SSSR count). The first-order chi connectivity index (χ1) is 5.36. The molecule has 1 aromatic heterocycles. The van der Waals surface area contributed by atoms with Crippen LogP contribution >= 0.6 is 0 Å². The number of nitrogens with zero attached hydrogens (tertiary/aromatic N) is 2. The molecule has 0 bridgehead atoms. The molecule has 1 heterocycles. The zero-order chi connectivity index (χ0) is 8.69. The molecule has 1 aromatic rings. The summed E-state index contributed by atoms with van der Waals surface area (Å²) in [6.07, 6.45) is 4.02. The zero-order valence-electron chi connectivity index (χ0n) is 8.89. The minimum Gasteiger partial charge on any atom is -0.376 e. The maximum atomic E-state index is 4.21. The summed E-state index contributed by atoms with van der Waals surface area (Å²) < 4.78 is 1.82. The first-order valence-corrected chi connectivity index (χ1v) is 4.31. The van der Waals surface area contributed by atoms with Crippen molar-refractivity contribution >= 4 is 0 Å². The molecule has 0 fully saturated rings. The maximum absolute atomic E-state index is 4.21. The summed E-state index contributed by atoms with van der Waals surface area (Å²) in [5.74, 6) is 0. The number of aryl methyl sites for hydroxylation is 2. The normalized spacial score (nSPS) is 8.00. The van der Waals surface area contributed by atoms with Crippen molar-refractivity contribution in [3.05, 3.63) is 18.0 Å². The van der Waals surface area contributed by atoms with E-state index in [0.29, 0.717) is 0 Å². The van der Waals surface area contributed by atoms with E-state index in [1.54, 1.807) is 0 Å². The molecule has 0 aliphatic carbocycles. The van der Waals surface area contributed by atoms with Crippen molar-refractivity contribution in [1.82, 2.24) is 9.78 Å². The van der Waals surface area contributed by atoms with Gasteiger partial charge in [-0.15, -0.1) is 6.20 Å². The van der Waals surface area contributed by atoms with Crippen LogP contribution in [0.5, 0.6) is 0 Å². The topological polar surface area (TPSA) is 17.8 Å². The first-order valence-electron chi connectivity index (χ1n) is 4.31. The van der Waals surface area contributed by atoms with E-state index in [2.05, 4.69) is 25.1 Å². The summed E-state index contributed by atoms with van der Waals surface area (Å²) in [6.45, 7) is 9.07. The van der Waals surface area contributed by atoms with Crippen LogP contribution in [-0.2, 0) is 13.0 Å². The summed E-state index contributed by atoms with van der Waals surface area (Å²) >= 11 is 0. The maximum Gasteiger partial charge on any atom is 1.00 e. The van der Waals surface area contributed by atoms with E-state index < -0.39 is 0 Å². The summed E-state index contributed by atoms with van der Waals surface area (Å²) in [4.78, 5) is 0. The molecule has 64 valence electrons. The minimum absolute atomic E-state index is 0. The van der Waals surface area contributed by atoms with Crippen molar-refractivity contribution in [3.63, 3.8) is 0 Å². The summed E-state index contributed by atoms with van der Waals surface area (Å²) in [5.41, 5.74) is 1.12. The molecule has 0 radical (unpaired) electrons. The van der Waals surface area contributed by atoms with Gasteiger partial charge >= 0.3 is 51.4 Å². The molecule has 0 unspecified atom stereocenters. The molecule has 0 N–H and O–H groups in total. The largest absolute Gasteiger partial charge is 1.00 e. The van der Waals surface area contributed by atoms with Crippen molar-refractivity contribution < 1.29 is 51.4 Å². The van der Waals surface area contributed by atoms with Crippen molar-refractivity contribution in [3.8, 4) is 0 Å². The molecule has 2 nitrogen and oxygen atoms in total. The fourth-order valence-electron chi connectivity index (χ4n) is 0.697. The Morgan fingerprint density at radius 2 is 2.00 bits per heavy atom. The third-order valence-corrected chi connectivity index (χ3v) is 1.29. The summed E-state index contributed by atoms with van der Waals surface area (Å²) in [6, 6.07) is 1.93. The first kappa shape index (κ1) is 15.3. The smallest absolute Gasteiger partial charge is 0.376 e. The predicted octanol–water partition coefficient (Wildman–Crippen LogP) is -0.704. The average Bonchev–Trinajstić information content (AvgIpc) is 2.55. The van der Waals surface area contributed by atoms with Crippen LogP contribution in [0.1, 0.15) is 33.4 Å². The Morgan fingerprint density at radius 3 is 2.25 bits per heavy atom. The standard InChI is InChI=1S/C7H11N2.C2H6.K/c1-3-7-5-6-9(4-2)8-7;1-2;/h5H,3-4H2,1-2H3;1-2H3;/q-1;;+1. The third kappa shape index (κ3) is 5.48. The van der Waals surface area contributed by atoms with Gasteiger partial charge in [-0.25, -0.2) is 0 Å². The van der Waals surface area contributed by atoms with Crippen LogP contribution in [0.2, 0.25) is 0 Å². The Balaban J connectivity index is 0. The van der Waals surface area contributed by atoms with E-state index in [0.717, 1.165) is 18.7 Å². The van der Waals surface area contributed by atoms with Gasteiger partial charge in [0.2, 0.25) is 0 Å². The van der Waals surface area contributed by atoms with E-state index in [1.165, 1.54) is 0 Å². The number of hydrogen-bond donors (Lipinski definition) is 0. The van der Waals surface area contributed by atoms with Gasteiger partial charge in [-0.2, -0.15) is 6.07 Å². The van der Waals surface area contributed by atoms with Crippen LogP contribution in [0.25, 0.3) is 0 Å². The fraction of sp³-hybridized carbons (Fsp3) is 0.667. The predicted molar refractivity (Wildman–Crippen MR) is 47.5 cm³/mol. The van der Waals surface area contributed by atoms with E-state index in [4.69, 9.17) is 0 Å². The molecule has 0 aliphatic heterocycles. The van der Waals surface area contributed by atoms with Gasteiger partial charge in [-0.05, 0) is 6.92 Å². The molecule has 0 spiro atoms. The molecule has 0 saturated carbocycles. The Bertz CT molecular complexity index is 166. The van der Waals surface area contributed by atoms with Crippen LogP contribution in [0.15, 0.2) is 6.07 Å². The Hall–Kier alpha value is 0.846. The monoisotopic (exact) mass is 192 g/mol. The third-order valence-electron chi connectivity index (χ3n) is 1.29. The van der Waals surface area contributed by atoms with Gasteiger partial charge in [0, 0.05) is 6.54 Å². The SMILES string of the molecule is CC.CCc1c[c-]n(CC)n1.[K+]. The molecule has 0 aromatic carbocycles. The van der Waals surface area contributed by atoms with E-state index in [9.17, 15) is 0 Å². The molecular formula is C9H17KN2. The van der Waals surface area contributed by atoms with Crippen LogP contribution in [-0.4, -0.2) is 9.78 Å². The number of rotatable bonds is 2. The second kappa shape index (κ2) is 9.93. The minimum atomic E-state index is 0. The Labute approximate surface area is 118 Å². The number of hydrogen-bond acceptors (Lipinski definition) is 1. The number of aromatic nitrogens is 2. The van der Waals surface area contributed by atoms with Gasteiger partial charge in [0.1, 0.15) is 0 Å². The molecule has 0 atom stereocenters. The second-order valence-corrected chi connectivity index (χ2v) is 1.93. The summed E-state index contributed by atoms with van der Waals surface area (Å²) in [7, 11) is 0. The Kier molecular flexibility index (Phi) is 12.7. The zero-order valence-corrected chi connectivity index (χ0v) is 12.0. The van der Waals surface area contributed by atoms with Crippen molar-refractivity contribution in [1.29, 1.82) is 0 Å². The van der Waals surface area contributed by atoms with Gasteiger partial charge in [-0.1, -0.05) is 32.9 Å². The van der Waals surface area contributed by atoms with Gasteiger partial charge in [0.25, 0.3) is 0 Å². The molecule has 0 aliphatic rings. The van der Waals surface area contributed by atoms with Crippen LogP contribution in [0, 0.1) is 6.20 Å². The average molecular weight is 192 g/mol. The van der Waals surface area contributed by atoms with Crippen molar-refractivity contribution in [2.75, 3.05) is 0 Å². The van der Waals surface area contributed by atoms with E-state index in [-0.39, 0.29) is 51.4 Å². The molecule has 12 heavy (non-hydrogen) atoms. The quantitative estimate of drug-likeness (QED) is 0.447. The second-order valence-electron chi connectivity index (χ2n) is 1.93. The molecule has 3 heteroatoms. The molecular weight excluding hydrogens is 175 g/mol. The van der Waals surface area contributed by atoms with Crippen LogP contribution in [0.4, 0.5) is 0 Å². The molecule has 0 amide bonds. The van der Waals surface area contributed by atoms with Crippen molar-refractivity contribution in [2.45, 2.75) is 40.7 Å². The van der Waals surface area contributed by atoms with Gasteiger partial charge in [0.05, 0.1) is 0 Å². The molecule has 0 saturated heterocycles. The summed E-state index contributed by atoms with van der Waals surface area (Å²) in [5, 5.41) is 4.21. The van der Waals surface area contributed by atoms with E-state index in [1.807, 2.05) is 24.6 Å². The fourth-order valence-corrected chi connectivity index (χ4v) is 0.697.